The van der Waals surface area contributed by atoms with Gasteiger partial charge in [-0.1, -0.05) is 18.2 Å². The highest BCUT2D eigenvalue weighted by atomic mass is 16.6. The van der Waals surface area contributed by atoms with Gasteiger partial charge in [-0.25, -0.2) is 5.43 Å². The number of hydrazone groups is 1. The number of hydrogen-bond donors (Lipinski definition) is 1. The summed E-state index contributed by atoms with van der Waals surface area (Å²) in [6, 6.07) is 11.5. The summed E-state index contributed by atoms with van der Waals surface area (Å²) in [5, 5.41) is 14.8. The van der Waals surface area contributed by atoms with Gasteiger partial charge in [0.1, 0.15) is 0 Å². The smallest absolute Gasteiger partial charge is 0.267 e. The molecule has 0 atom stereocenters. The SMILES string of the molecule is CC(=NNC(=O)c1ccc(C)c(C)c1)c1cccc([N+](=O)[O-])c1. The van der Waals surface area contributed by atoms with Crippen molar-refractivity contribution >= 4 is 17.3 Å². The van der Waals surface area contributed by atoms with Crippen molar-refractivity contribution < 1.29 is 9.72 Å². The van der Waals surface area contributed by atoms with Gasteiger partial charge >= 0.3 is 0 Å². The van der Waals surface area contributed by atoms with E-state index in [1.807, 2.05) is 19.9 Å². The van der Waals surface area contributed by atoms with Crippen LogP contribution in [-0.2, 0) is 0 Å². The summed E-state index contributed by atoms with van der Waals surface area (Å²) in [4.78, 5) is 22.4. The average Bonchev–Trinajstić information content (AvgIpc) is 2.54. The van der Waals surface area contributed by atoms with Crippen LogP contribution in [0, 0.1) is 24.0 Å². The van der Waals surface area contributed by atoms with Gasteiger partial charge in [0.15, 0.2) is 0 Å². The molecule has 0 saturated carbocycles. The molecule has 0 aliphatic carbocycles. The van der Waals surface area contributed by atoms with Gasteiger partial charge in [0.2, 0.25) is 0 Å². The highest BCUT2D eigenvalue weighted by molar-refractivity contribution is 6.01. The third-order valence-corrected chi connectivity index (χ3v) is 3.57. The van der Waals surface area contributed by atoms with Crippen molar-refractivity contribution in [2.24, 2.45) is 5.10 Å². The Morgan fingerprint density at radius 3 is 2.48 bits per heavy atom. The van der Waals surface area contributed by atoms with Crippen molar-refractivity contribution in [3.05, 3.63) is 74.8 Å². The van der Waals surface area contributed by atoms with E-state index in [2.05, 4.69) is 10.5 Å². The molecule has 0 aliphatic heterocycles. The molecular formula is C17H17N3O3. The van der Waals surface area contributed by atoms with Crippen LogP contribution in [0.1, 0.15) is 34.0 Å². The third-order valence-electron chi connectivity index (χ3n) is 3.57. The maximum atomic E-state index is 12.1. The van der Waals surface area contributed by atoms with Crippen LogP contribution < -0.4 is 5.43 Å². The molecule has 0 unspecified atom stereocenters. The molecule has 0 saturated heterocycles. The molecule has 23 heavy (non-hydrogen) atoms. The second-order valence-corrected chi connectivity index (χ2v) is 5.24. The molecule has 6 nitrogen and oxygen atoms in total. The molecule has 0 spiro atoms. The first-order valence-electron chi connectivity index (χ1n) is 7.05. The Bertz CT molecular complexity index is 797. The van der Waals surface area contributed by atoms with Crippen LogP contribution in [0.15, 0.2) is 47.6 Å². The summed E-state index contributed by atoms with van der Waals surface area (Å²) in [6.45, 7) is 5.59. The fourth-order valence-corrected chi connectivity index (χ4v) is 1.99. The molecule has 6 heteroatoms. The Morgan fingerprint density at radius 1 is 1.09 bits per heavy atom. The van der Waals surface area contributed by atoms with Crippen LogP contribution in [0.25, 0.3) is 0 Å². The normalized spacial score (nSPS) is 11.2. The number of nitrogens with one attached hydrogen (secondary N) is 1. The minimum atomic E-state index is -0.468. The Hall–Kier alpha value is -3.02. The van der Waals surface area contributed by atoms with Gasteiger partial charge in [-0.05, 0) is 44.0 Å². The zero-order valence-corrected chi connectivity index (χ0v) is 13.2. The molecule has 1 amide bonds. The summed E-state index contributed by atoms with van der Waals surface area (Å²) in [5.74, 6) is -0.321. The number of nitro benzene ring substituents is 1. The second-order valence-electron chi connectivity index (χ2n) is 5.24. The second kappa shape index (κ2) is 6.83. The van der Waals surface area contributed by atoms with Crippen molar-refractivity contribution in [1.29, 1.82) is 0 Å². The number of nitro groups is 1. The van der Waals surface area contributed by atoms with E-state index in [-0.39, 0.29) is 11.6 Å². The van der Waals surface area contributed by atoms with Crippen LogP contribution in [0.2, 0.25) is 0 Å². The summed E-state index contributed by atoms with van der Waals surface area (Å²) in [7, 11) is 0. The standard InChI is InChI=1S/C17H17N3O3/c1-11-7-8-15(9-12(11)2)17(21)19-18-13(3)14-5-4-6-16(10-14)20(22)23/h4-10H,1-3H3,(H,19,21). The number of amides is 1. The lowest BCUT2D eigenvalue weighted by Crippen LogP contribution is -2.19. The van der Waals surface area contributed by atoms with E-state index in [9.17, 15) is 14.9 Å². The lowest BCUT2D eigenvalue weighted by atomic mass is 10.1. The first-order valence-corrected chi connectivity index (χ1v) is 7.05. The number of hydrogen-bond acceptors (Lipinski definition) is 4. The lowest BCUT2D eigenvalue weighted by Gasteiger charge is -2.05. The highest BCUT2D eigenvalue weighted by Gasteiger charge is 2.09. The zero-order chi connectivity index (χ0) is 17.0. The van der Waals surface area contributed by atoms with Gasteiger partial charge in [0.25, 0.3) is 11.6 Å². The summed E-state index contributed by atoms with van der Waals surface area (Å²) in [6.07, 6.45) is 0. The van der Waals surface area contributed by atoms with Crippen molar-refractivity contribution in [2.75, 3.05) is 0 Å². The highest BCUT2D eigenvalue weighted by Crippen LogP contribution is 2.14. The third kappa shape index (κ3) is 4.00. The number of benzene rings is 2. The van der Waals surface area contributed by atoms with Crippen LogP contribution >= 0.6 is 0 Å². The topological polar surface area (TPSA) is 84.6 Å². The molecule has 118 valence electrons. The summed E-state index contributed by atoms with van der Waals surface area (Å²) >= 11 is 0. The number of rotatable bonds is 4. The molecule has 2 aromatic rings. The average molecular weight is 311 g/mol. The molecule has 0 aromatic heterocycles. The fourth-order valence-electron chi connectivity index (χ4n) is 1.99. The molecule has 0 heterocycles. The zero-order valence-electron chi connectivity index (χ0n) is 13.2. The Labute approximate surface area is 134 Å². The van der Waals surface area contributed by atoms with E-state index < -0.39 is 4.92 Å². The fraction of sp³-hybridized carbons (Fsp3) is 0.176. The minimum absolute atomic E-state index is 0.0162. The number of carbonyl (C=O) groups excluding carboxylic acids is 1. The molecule has 0 bridgehead atoms. The maximum absolute atomic E-state index is 12.1. The number of aryl methyl sites for hydroxylation is 2. The van der Waals surface area contributed by atoms with E-state index in [1.54, 1.807) is 31.2 Å². The van der Waals surface area contributed by atoms with Crippen molar-refractivity contribution in [3.8, 4) is 0 Å². The first kappa shape index (κ1) is 16.4. The Balaban J connectivity index is 2.15. The van der Waals surface area contributed by atoms with Crippen molar-refractivity contribution in [1.82, 2.24) is 5.43 Å². The van der Waals surface area contributed by atoms with Gasteiger partial charge in [-0.2, -0.15) is 5.10 Å². The number of nitrogens with zero attached hydrogens (tertiary/aromatic N) is 2. The number of non-ortho nitro benzene ring substituents is 1. The maximum Gasteiger partial charge on any atom is 0.271 e. The van der Waals surface area contributed by atoms with Crippen molar-refractivity contribution in [3.63, 3.8) is 0 Å². The largest absolute Gasteiger partial charge is 0.271 e. The molecule has 0 aliphatic rings. The molecule has 2 aromatic carbocycles. The van der Waals surface area contributed by atoms with Gasteiger partial charge in [-0.15, -0.1) is 0 Å². The molecule has 2 rings (SSSR count). The van der Waals surface area contributed by atoms with Gasteiger partial charge in [0, 0.05) is 23.3 Å². The van der Waals surface area contributed by atoms with Crippen LogP contribution in [0.3, 0.4) is 0 Å². The van der Waals surface area contributed by atoms with E-state index >= 15 is 0 Å². The van der Waals surface area contributed by atoms with E-state index in [0.717, 1.165) is 11.1 Å². The first-order chi connectivity index (χ1) is 10.9. The van der Waals surface area contributed by atoms with Crippen molar-refractivity contribution in [2.45, 2.75) is 20.8 Å². The minimum Gasteiger partial charge on any atom is -0.267 e. The molecule has 0 radical (unpaired) electrons. The quantitative estimate of drug-likeness (QED) is 0.533. The van der Waals surface area contributed by atoms with Gasteiger partial charge < -0.3 is 0 Å². The van der Waals surface area contributed by atoms with Gasteiger partial charge in [-0.3, -0.25) is 14.9 Å². The molecular weight excluding hydrogens is 294 g/mol. The predicted molar refractivity (Wildman–Crippen MR) is 88.7 cm³/mol. The molecule has 0 fully saturated rings. The summed E-state index contributed by atoms with van der Waals surface area (Å²) in [5.41, 5.74) is 6.18. The number of carbonyl (C=O) groups is 1. The van der Waals surface area contributed by atoms with E-state index in [4.69, 9.17) is 0 Å². The monoisotopic (exact) mass is 311 g/mol. The predicted octanol–water partition coefficient (Wildman–Crippen LogP) is 3.37. The van der Waals surface area contributed by atoms with Crippen LogP contribution in [0.5, 0.6) is 0 Å². The Morgan fingerprint density at radius 2 is 1.83 bits per heavy atom. The van der Waals surface area contributed by atoms with E-state index in [1.165, 1.54) is 12.1 Å². The lowest BCUT2D eigenvalue weighted by molar-refractivity contribution is -0.384. The summed E-state index contributed by atoms with van der Waals surface area (Å²) < 4.78 is 0. The van der Waals surface area contributed by atoms with Crippen LogP contribution in [-0.4, -0.2) is 16.5 Å². The van der Waals surface area contributed by atoms with Gasteiger partial charge in [0.05, 0.1) is 10.6 Å². The Kier molecular flexibility index (Phi) is 4.85. The van der Waals surface area contributed by atoms with Crippen LogP contribution in [0.4, 0.5) is 5.69 Å². The van der Waals surface area contributed by atoms with E-state index in [0.29, 0.717) is 16.8 Å². The molecule has 1 N–H and O–H groups in total.